The van der Waals surface area contributed by atoms with Crippen molar-refractivity contribution >= 4 is 17.8 Å². The number of amides is 1. The Bertz CT molecular complexity index is 606. The van der Waals surface area contributed by atoms with Crippen molar-refractivity contribution in [3.63, 3.8) is 0 Å². The first-order valence-electron chi connectivity index (χ1n) is 8.91. The third-order valence-corrected chi connectivity index (χ3v) is 3.88. The van der Waals surface area contributed by atoms with E-state index < -0.39 is 23.5 Å². The van der Waals surface area contributed by atoms with Gasteiger partial charge in [-0.1, -0.05) is 37.3 Å². The number of aliphatic carboxylic acids is 1. The van der Waals surface area contributed by atoms with Gasteiger partial charge in [-0.3, -0.25) is 9.59 Å². The van der Waals surface area contributed by atoms with Gasteiger partial charge in [0.2, 0.25) is 5.91 Å². The highest BCUT2D eigenvalue weighted by molar-refractivity contribution is 5.85. The first kappa shape index (κ1) is 21.7. The molecule has 0 fully saturated rings. The summed E-state index contributed by atoms with van der Waals surface area (Å²) in [6.07, 6.45) is 1.19. The maximum absolute atomic E-state index is 12.5. The number of carbonyl (C=O) groups excluding carboxylic acids is 2. The molecule has 0 aliphatic heterocycles. The van der Waals surface area contributed by atoms with Crippen molar-refractivity contribution in [3.8, 4) is 0 Å². The van der Waals surface area contributed by atoms with Crippen LogP contribution < -0.4 is 5.32 Å². The predicted molar refractivity (Wildman–Crippen MR) is 98.6 cm³/mol. The van der Waals surface area contributed by atoms with Gasteiger partial charge in [0, 0.05) is 18.8 Å². The molecule has 0 spiro atoms. The summed E-state index contributed by atoms with van der Waals surface area (Å²) in [6.45, 7) is 7.20. The molecule has 26 heavy (non-hydrogen) atoms. The van der Waals surface area contributed by atoms with E-state index in [0.29, 0.717) is 12.8 Å². The standard InChI is InChI=1S/C20H29NO5/c1-5-15(11-12-17(22)26-20(2,3)4)18(23)21-16(19(24)25)13-14-9-7-6-8-10-14/h6-10,15-16H,5,11-13H2,1-4H3,(H,21,23)(H,24,25)/t15-,16?/m1/s1. The Morgan fingerprint density at radius 3 is 2.27 bits per heavy atom. The zero-order valence-corrected chi connectivity index (χ0v) is 16.0. The minimum atomic E-state index is -1.08. The summed E-state index contributed by atoms with van der Waals surface area (Å²) in [7, 11) is 0. The molecule has 2 atom stereocenters. The molecular weight excluding hydrogens is 334 g/mol. The molecule has 1 unspecified atom stereocenters. The van der Waals surface area contributed by atoms with Gasteiger partial charge in [0.15, 0.2) is 0 Å². The lowest BCUT2D eigenvalue weighted by atomic mass is 9.98. The topological polar surface area (TPSA) is 92.7 Å². The molecule has 0 aliphatic rings. The van der Waals surface area contributed by atoms with E-state index in [1.807, 2.05) is 37.3 Å². The lowest BCUT2D eigenvalue weighted by molar-refractivity contribution is -0.155. The fourth-order valence-electron chi connectivity index (χ4n) is 2.54. The molecule has 1 amide bonds. The predicted octanol–water partition coefficient (Wildman–Crippen LogP) is 2.95. The third kappa shape index (κ3) is 8.14. The second-order valence-corrected chi connectivity index (χ2v) is 7.32. The Balaban J connectivity index is 2.62. The maximum Gasteiger partial charge on any atom is 0.326 e. The molecule has 1 rings (SSSR count). The Labute approximate surface area is 154 Å². The van der Waals surface area contributed by atoms with E-state index in [1.165, 1.54) is 0 Å². The van der Waals surface area contributed by atoms with E-state index in [0.717, 1.165) is 5.56 Å². The molecule has 0 bridgehead atoms. The lowest BCUT2D eigenvalue weighted by Crippen LogP contribution is -2.45. The normalized spacial score (nSPS) is 13.5. The van der Waals surface area contributed by atoms with Crippen LogP contribution in [0, 0.1) is 5.92 Å². The summed E-state index contributed by atoms with van der Waals surface area (Å²) >= 11 is 0. The van der Waals surface area contributed by atoms with Gasteiger partial charge in [-0.05, 0) is 39.2 Å². The smallest absolute Gasteiger partial charge is 0.326 e. The van der Waals surface area contributed by atoms with Gasteiger partial charge in [0.1, 0.15) is 11.6 Å². The van der Waals surface area contributed by atoms with Crippen LogP contribution in [-0.4, -0.2) is 34.6 Å². The number of carboxylic acids is 1. The van der Waals surface area contributed by atoms with Gasteiger partial charge < -0.3 is 15.2 Å². The zero-order chi connectivity index (χ0) is 19.7. The number of carbonyl (C=O) groups is 3. The highest BCUT2D eigenvalue weighted by Crippen LogP contribution is 2.15. The van der Waals surface area contributed by atoms with Gasteiger partial charge in [0.25, 0.3) is 0 Å². The number of benzene rings is 1. The Morgan fingerprint density at radius 2 is 1.77 bits per heavy atom. The van der Waals surface area contributed by atoms with Crippen molar-refractivity contribution in [1.29, 1.82) is 0 Å². The summed E-state index contributed by atoms with van der Waals surface area (Å²) in [5.74, 6) is -2.22. The first-order valence-corrected chi connectivity index (χ1v) is 8.91. The number of carboxylic acid groups (broad SMARTS) is 1. The average molecular weight is 363 g/mol. The molecule has 1 aromatic rings. The van der Waals surface area contributed by atoms with Crippen LogP contribution in [-0.2, 0) is 25.5 Å². The van der Waals surface area contributed by atoms with Gasteiger partial charge in [-0.25, -0.2) is 4.79 Å². The number of hydrogen-bond acceptors (Lipinski definition) is 4. The minimum Gasteiger partial charge on any atom is -0.480 e. The van der Waals surface area contributed by atoms with Crippen LogP contribution in [0.25, 0.3) is 0 Å². The SMILES string of the molecule is CC[C@H](CCC(=O)OC(C)(C)C)C(=O)NC(Cc1ccccc1)C(=O)O. The number of nitrogens with one attached hydrogen (secondary N) is 1. The Hall–Kier alpha value is -2.37. The summed E-state index contributed by atoms with van der Waals surface area (Å²) < 4.78 is 5.25. The zero-order valence-electron chi connectivity index (χ0n) is 16.0. The van der Waals surface area contributed by atoms with E-state index in [4.69, 9.17) is 4.74 Å². The molecule has 144 valence electrons. The molecule has 0 aliphatic carbocycles. The monoisotopic (exact) mass is 363 g/mol. The van der Waals surface area contributed by atoms with Crippen LogP contribution in [0.2, 0.25) is 0 Å². The maximum atomic E-state index is 12.5. The molecule has 0 aromatic heterocycles. The van der Waals surface area contributed by atoms with Gasteiger partial charge in [-0.15, -0.1) is 0 Å². The van der Waals surface area contributed by atoms with Crippen molar-refractivity contribution in [2.75, 3.05) is 0 Å². The fraction of sp³-hybridized carbons (Fsp3) is 0.550. The van der Waals surface area contributed by atoms with Crippen molar-refractivity contribution < 1.29 is 24.2 Å². The lowest BCUT2D eigenvalue weighted by Gasteiger charge is -2.21. The van der Waals surface area contributed by atoms with Crippen molar-refractivity contribution in [2.45, 2.75) is 65.0 Å². The van der Waals surface area contributed by atoms with Crippen LogP contribution in [0.1, 0.15) is 52.5 Å². The molecular formula is C20H29NO5. The Morgan fingerprint density at radius 1 is 1.15 bits per heavy atom. The molecule has 1 aromatic carbocycles. The van der Waals surface area contributed by atoms with Gasteiger partial charge in [-0.2, -0.15) is 0 Å². The third-order valence-electron chi connectivity index (χ3n) is 3.88. The highest BCUT2D eigenvalue weighted by atomic mass is 16.6. The summed E-state index contributed by atoms with van der Waals surface area (Å²) in [6, 6.07) is 8.14. The quantitative estimate of drug-likeness (QED) is 0.658. The van der Waals surface area contributed by atoms with Crippen molar-refractivity contribution in [2.24, 2.45) is 5.92 Å². The van der Waals surface area contributed by atoms with Gasteiger partial charge >= 0.3 is 11.9 Å². The van der Waals surface area contributed by atoms with E-state index in [9.17, 15) is 19.5 Å². The average Bonchev–Trinajstić information content (AvgIpc) is 2.54. The second kappa shape index (κ2) is 9.94. The summed E-state index contributed by atoms with van der Waals surface area (Å²) in [5.41, 5.74) is 0.271. The number of rotatable bonds is 9. The van der Waals surface area contributed by atoms with Crippen LogP contribution in [0.4, 0.5) is 0 Å². The molecule has 2 N–H and O–H groups in total. The molecule has 0 saturated carbocycles. The van der Waals surface area contributed by atoms with Crippen LogP contribution >= 0.6 is 0 Å². The minimum absolute atomic E-state index is 0.125. The largest absolute Gasteiger partial charge is 0.480 e. The molecule has 6 nitrogen and oxygen atoms in total. The van der Waals surface area contributed by atoms with Crippen molar-refractivity contribution in [1.82, 2.24) is 5.32 Å². The molecule has 0 radical (unpaired) electrons. The fourth-order valence-corrected chi connectivity index (χ4v) is 2.54. The summed E-state index contributed by atoms with van der Waals surface area (Å²) in [5, 5.41) is 12.0. The number of ether oxygens (including phenoxy) is 1. The number of esters is 1. The van der Waals surface area contributed by atoms with Crippen LogP contribution in [0.3, 0.4) is 0 Å². The van der Waals surface area contributed by atoms with E-state index >= 15 is 0 Å². The van der Waals surface area contributed by atoms with Crippen molar-refractivity contribution in [3.05, 3.63) is 35.9 Å². The number of hydrogen-bond donors (Lipinski definition) is 2. The molecule has 0 heterocycles. The van der Waals surface area contributed by atoms with Crippen LogP contribution in [0.5, 0.6) is 0 Å². The van der Waals surface area contributed by atoms with Gasteiger partial charge in [0.05, 0.1) is 0 Å². The molecule has 6 heteroatoms. The first-order chi connectivity index (χ1) is 12.1. The Kier molecular flexibility index (Phi) is 8.29. The van der Waals surface area contributed by atoms with E-state index in [-0.39, 0.29) is 24.7 Å². The van der Waals surface area contributed by atoms with E-state index in [1.54, 1.807) is 20.8 Å². The molecule has 0 saturated heterocycles. The second-order valence-electron chi connectivity index (χ2n) is 7.32. The summed E-state index contributed by atoms with van der Waals surface area (Å²) in [4.78, 5) is 35.8. The van der Waals surface area contributed by atoms with E-state index in [2.05, 4.69) is 5.32 Å². The van der Waals surface area contributed by atoms with Crippen LogP contribution in [0.15, 0.2) is 30.3 Å². The highest BCUT2D eigenvalue weighted by Gasteiger charge is 2.26.